The Morgan fingerprint density at radius 2 is 1.93 bits per heavy atom. The van der Waals surface area contributed by atoms with Crippen molar-refractivity contribution in [1.29, 1.82) is 0 Å². The number of H-pyrrole nitrogens is 1. The molecular formula is C24H24N4. The van der Waals surface area contributed by atoms with Crippen molar-refractivity contribution in [2.75, 3.05) is 0 Å². The Balaban J connectivity index is 1.71. The molecule has 0 atom stereocenters. The standard InChI is InChI=1S/C24H24N4/c1-4-18(19-7-5-15(2)9-16(19)3)23-13-28-24(14-27-23)21-12-26-22-10-17(11-25)6-8-20(21)22/h4-10,12-14,26H,11,25H2,1-3H3/b18-4+. The summed E-state index contributed by atoms with van der Waals surface area (Å²) in [5.41, 5.74) is 15.5. The molecule has 0 saturated heterocycles. The summed E-state index contributed by atoms with van der Waals surface area (Å²) in [6.07, 6.45) is 7.79. The average Bonchev–Trinajstić information content (AvgIpc) is 3.13. The number of aromatic amines is 1. The zero-order valence-electron chi connectivity index (χ0n) is 16.5. The lowest BCUT2D eigenvalue weighted by atomic mass is 9.96. The summed E-state index contributed by atoms with van der Waals surface area (Å²) in [7, 11) is 0. The zero-order chi connectivity index (χ0) is 19.7. The van der Waals surface area contributed by atoms with E-state index < -0.39 is 0 Å². The third-order valence-electron chi connectivity index (χ3n) is 5.15. The molecule has 28 heavy (non-hydrogen) atoms. The van der Waals surface area contributed by atoms with E-state index in [1.807, 2.05) is 25.5 Å². The number of nitrogens with one attached hydrogen (secondary N) is 1. The minimum atomic E-state index is 0.531. The van der Waals surface area contributed by atoms with Crippen LogP contribution in [0.2, 0.25) is 0 Å². The van der Waals surface area contributed by atoms with Crippen LogP contribution in [-0.2, 0) is 6.54 Å². The van der Waals surface area contributed by atoms with Gasteiger partial charge in [0, 0.05) is 34.8 Å². The normalized spacial score (nSPS) is 11.9. The van der Waals surface area contributed by atoms with Gasteiger partial charge in [0.2, 0.25) is 0 Å². The van der Waals surface area contributed by atoms with Crippen molar-refractivity contribution < 1.29 is 0 Å². The van der Waals surface area contributed by atoms with E-state index >= 15 is 0 Å². The largest absolute Gasteiger partial charge is 0.360 e. The highest BCUT2D eigenvalue weighted by molar-refractivity contribution is 5.94. The minimum absolute atomic E-state index is 0.531. The fraction of sp³-hybridized carbons (Fsp3) is 0.167. The molecule has 0 amide bonds. The minimum Gasteiger partial charge on any atom is -0.360 e. The van der Waals surface area contributed by atoms with Crippen LogP contribution in [0.4, 0.5) is 0 Å². The molecule has 0 aliphatic carbocycles. The van der Waals surface area contributed by atoms with Gasteiger partial charge in [0.05, 0.1) is 23.8 Å². The lowest BCUT2D eigenvalue weighted by Crippen LogP contribution is -1.97. The van der Waals surface area contributed by atoms with Crippen molar-refractivity contribution >= 4 is 16.5 Å². The molecule has 0 aliphatic heterocycles. The maximum absolute atomic E-state index is 5.74. The number of aromatic nitrogens is 3. The SMILES string of the molecule is C/C=C(/c1cnc(-c2c[nH]c3cc(CN)ccc23)cn1)c1ccc(C)cc1C. The summed E-state index contributed by atoms with van der Waals surface area (Å²) >= 11 is 0. The first-order chi connectivity index (χ1) is 13.6. The smallest absolute Gasteiger partial charge is 0.0907 e. The number of fused-ring (bicyclic) bond motifs is 1. The Labute approximate surface area is 165 Å². The molecular weight excluding hydrogens is 344 g/mol. The van der Waals surface area contributed by atoms with Crippen LogP contribution in [0.15, 0.2) is 61.1 Å². The molecule has 4 nitrogen and oxygen atoms in total. The van der Waals surface area contributed by atoms with E-state index in [2.05, 4.69) is 61.3 Å². The van der Waals surface area contributed by atoms with Gasteiger partial charge < -0.3 is 10.7 Å². The molecule has 0 radical (unpaired) electrons. The van der Waals surface area contributed by atoms with Crippen LogP contribution in [0, 0.1) is 13.8 Å². The van der Waals surface area contributed by atoms with E-state index in [9.17, 15) is 0 Å². The summed E-state index contributed by atoms with van der Waals surface area (Å²) in [5.74, 6) is 0. The molecule has 140 valence electrons. The van der Waals surface area contributed by atoms with E-state index in [0.717, 1.165) is 39.0 Å². The summed E-state index contributed by atoms with van der Waals surface area (Å²) < 4.78 is 0. The van der Waals surface area contributed by atoms with E-state index in [0.29, 0.717) is 6.54 Å². The summed E-state index contributed by atoms with van der Waals surface area (Å²) in [6.45, 7) is 6.82. The van der Waals surface area contributed by atoms with Crippen LogP contribution in [0.5, 0.6) is 0 Å². The van der Waals surface area contributed by atoms with Crippen LogP contribution in [-0.4, -0.2) is 15.0 Å². The van der Waals surface area contributed by atoms with Crippen LogP contribution in [0.1, 0.15) is 34.9 Å². The summed E-state index contributed by atoms with van der Waals surface area (Å²) in [4.78, 5) is 12.7. The molecule has 3 N–H and O–H groups in total. The monoisotopic (exact) mass is 368 g/mol. The van der Waals surface area contributed by atoms with E-state index in [4.69, 9.17) is 15.7 Å². The van der Waals surface area contributed by atoms with Crippen molar-refractivity contribution in [2.24, 2.45) is 5.73 Å². The van der Waals surface area contributed by atoms with Gasteiger partial charge in [-0.05, 0) is 43.5 Å². The van der Waals surface area contributed by atoms with Gasteiger partial charge in [-0.25, -0.2) is 0 Å². The van der Waals surface area contributed by atoms with Crippen molar-refractivity contribution in [3.05, 3.63) is 89.0 Å². The van der Waals surface area contributed by atoms with Gasteiger partial charge in [-0.1, -0.05) is 42.0 Å². The highest BCUT2D eigenvalue weighted by Crippen LogP contribution is 2.29. The predicted octanol–water partition coefficient (Wildman–Crippen LogP) is 5.15. The van der Waals surface area contributed by atoms with Gasteiger partial charge >= 0.3 is 0 Å². The number of benzene rings is 2. The number of rotatable bonds is 4. The number of aryl methyl sites for hydroxylation is 2. The molecule has 4 heteroatoms. The first kappa shape index (κ1) is 18.1. The van der Waals surface area contributed by atoms with Gasteiger partial charge in [-0.3, -0.25) is 9.97 Å². The summed E-state index contributed by atoms with van der Waals surface area (Å²) in [5, 5.41) is 1.12. The Hall–Kier alpha value is -3.24. The number of hydrogen-bond acceptors (Lipinski definition) is 3. The molecule has 0 spiro atoms. The molecule has 0 bridgehead atoms. The van der Waals surface area contributed by atoms with Crippen LogP contribution in [0.3, 0.4) is 0 Å². The predicted molar refractivity (Wildman–Crippen MR) is 116 cm³/mol. The van der Waals surface area contributed by atoms with Crippen LogP contribution < -0.4 is 5.73 Å². The Kier molecular flexibility index (Phi) is 4.80. The highest BCUT2D eigenvalue weighted by Gasteiger charge is 2.12. The molecule has 0 saturated carbocycles. The number of nitrogens with zero attached hydrogens (tertiary/aromatic N) is 2. The molecule has 0 aliphatic rings. The second-order valence-electron chi connectivity index (χ2n) is 7.09. The topological polar surface area (TPSA) is 67.6 Å². The Morgan fingerprint density at radius 3 is 2.61 bits per heavy atom. The van der Waals surface area contributed by atoms with E-state index in [1.165, 1.54) is 16.7 Å². The number of nitrogens with two attached hydrogens (primary N) is 1. The van der Waals surface area contributed by atoms with Crippen LogP contribution in [0.25, 0.3) is 27.7 Å². The fourth-order valence-corrected chi connectivity index (χ4v) is 3.68. The zero-order valence-corrected chi connectivity index (χ0v) is 16.5. The quantitative estimate of drug-likeness (QED) is 0.523. The second-order valence-corrected chi connectivity index (χ2v) is 7.09. The maximum atomic E-state index is 5.74. The molecule has 0 fully saturated rings. The van der Waals surface area contributed by atoms with Gasteiger partial charge in [-0.2, -0.15) is 0 Å². The molecule has 4 aromatic rings. The fourth-order valence-electron chi connectivity index (χ4n) is 3.68. The van der Waals surface area contributed by atoms with Gasteiger partial charge in [0.15, 0.2) is 0 Å². The lowest BCUT2D eigenvalue weighted by Gasteiger charge is -2.11. The van der Waals surface area contributed by atoms with Crippen molar-refractivity contribution in [3.63, 3.8) is 0 Å². The molecule has 2 aromatic heterocycles. The average molecular weight is 368 g/mol. The number of allylic oxidation sites excluding steroid dienone is 1. The van der Waals surface area contributed by atoms with Gasteiger partial charge in [0.25, 0.3) is 0 Å². The molecule has 2 aromatic carbocycles. The number of hydrogen-bond donors (Lipinski definition) is 2. The van der Waals surface area contributed by atoms with Gasteiger partial charge in [-0.15, -0.1) is 0 Å². The summed E-state index contributed by atoms with van der Waals surface area (Å²) in [6, 6.07) is 12.7. The van der Waals surface area contributed by atoms with E-state index in [-0.39, 0.29) is 0 Å². The molecule has 0 unspecified atom stereocenters. The van der Waals surface area contributed by atoms with Crippen LogP contribution >= 0.6 is 0 Å². The van der Waals surface area contributed by atoms with Crippen molar-refractivity contribution in [2.45, 2.75) is 27.3 Å². The Morgan fingerprint density at radius 1 is 1.07 bits per heavy atom. The third-order valence-corrected chi connectivity index (χ3v) is 5.15. The first-order valence-electron chi connectivity index (χ1n) is 9.47. The molecule has 2 heterocycles. The van der Waals surface area contributed by atoms with Crippen molar-refractivity contribution in [3.8, 4) is 11.3 Å². The van der Waals surface area contributed by atoms with Gasteiger partial charge in [0.1, 0.15) is 0 Å². The third kappa shape index (κ3) is 3.23. The Bertz CT molecular complexity index is 1170. The lowest BCUT2D eigenvalue weighted by molar-refractivity contribution is 1.07. The highest BCUT2D eigenvalue weighted by atomic mass is 14.8. The first-order valence-corrected chi connectivity index (χ1v) is 9.47. The maximum Gasteiger partial charge on any atom is 0.0907 e. The van der Waals surface area contributed by atoms with Crippen molar-refractivity contribution in [1.82, 2.24) is 15.0 Å². The molecule has 4 rings (SSSR count). The second kappa shape index (κ2) is 7.41. The van der Waals surface area contributed by atoms with E-state index in [1.54, 1.807) is 0 Å².